The van der Waals surface area contributed by atoms with E-state index >= 15 is 0 Å². The second-order valence-corrected chi connectivity index (χ2v) is 9.42. The van der Waals surface area contributed by atoms with Crippen LogP contribution in [0, 0.1) is 11.3 Å². The summed E-state index contributed by atoms with van der Waals surface area (Å²) in [6.07, 6.45) is 4.60. The first-order valence-corrected chi connectivity index (χ1v) is 13.0. The third-order valence-electron chi connectivity index (χ3n) is 5.80. The third-order valence-corrected chi connectivity index (χ3v) is 6.54. The summed E-state index contributed by atoms with van der Waals surface area (Å²) in [7, 11) is 0. The fourth-order valence-electron chi connectivity index (χ4n) is 3.49. The number of nitrogens with zero attached hydrogens (tertiary/aromatic N) is 2. The van der Waals surface area contributed by atoms with Crippen LogP contribution < -0.4 is 16.2 Å². The lowest BCUT2D eigenvalue weighted by Crippen LogP contribution is -2.31. The van der Waals surface area contributed by atoms with Gasteiger partial charge in [-0.3, -0.25) is 9.78 Å². The van der Waals surface area contributed by atoms with Crippen LogP contribution >= 0.6 is 23.2 Å². The largest absolute Gasteiger partial charge is 0.378 e. The van der Waals surface area contributed by atoms with Crippen molar-refractivity contribution in [2.75, 3.05) is 50.0 Å². The summed E-state index contributed by atoms with van der Waals surface area (Å²) in [5.74, 6) is 1.02. The van der Waals surface area contributed by atoms with E-state index in [0.717, 1.165) is 43.8 Å². The molecule has 1 unspecified atom stereocenters. The Kier molecular flexibility index (Phi) is 13.1. The number of anilines is 2. The van der Waals surface area contributed by atoms with Gasteiger partial charge in [0.2, 0.25) is 5.95 Å². The van der Waals surface area contributed by atoms with E-state index in [9.17, 15) is 4.79 Å². The van der Waals surface area contributed by atoms with E-state index in [4.69, 9.17) is 33.3 Å². The van der Waals surface area contributed by atoms with Crippen molar-refractivity contribution in [1.82, 2.24) is 14.9 Å². The van der Waals surface area contributed by atoms with Gasteiger partial charge in [0, 0.05) is 25.8 Å². The summed E-state index contributed by atoms with van der Waals surface area (Å²) in [5, 5.41) is 14.7. The van der Waals surface area contributed by atoms with Crippen LogP contribution in [-0.2, 0) is 11.3 Å². The topological polar surface area (TPSA) is 106 Å². The minimum atomic E-state index is -0.352. The minimum absolute atomic E-state index is 0.254. The van der Waals surface area contributed by atoms with Crippen molar-refractivity contribution in [3.8, 4) is 0 Å². The third kappa shape index (κ3) is 10.2. The van der Waals surface area contributed by atoms with E-state index in [1.807, 2.05) is 6.07 Å². The Hall–Kier alpha value is -2.13. The van der Waals surface area contributed by atoms with Gasteiger partial charge in [-0.25, -0.2) is 4.98 Å². The predicted octanol–water partition coefficient (Wildman–Crippen LogP) is 5.26. The molecule has 0 fully saturated rings. The maximum atomic E-state index is 12.6. The van der Waals surface area contributed by atoms with Crippen molar-refractivity contribution < 1.29 is 4.74 Å². The number of benzene rings is 1. The molecular weight excluding hydrogens is 487 g/mol. The monoisotopic (exact) mass is 524 g/mol. The fourth-order valence-corrected chi connectivity index (χ4v) is 3.81. The van der Waals surface area contributed by atoms with Crippen LogP contribution in [0.3, 0.4) is 0 Å². The Balaban J connectivity index is 1.81. The molecule has 0 radical (unpaired) electrons. The van der Waals surface area contributed by atoms with Crippen molar-refractivity contribution in [1.29, 1.82) is 5.41 Å². The summed E-state index contributed by atoms with van der Waals surface area (Å²) >= 11 is 12.0. The van der Waals surface area contributed by atoms with Gasteiger partial charge >= 0.3 is 0 Å². The van der Waals surface area contributed by atoms with Crippen LogP contribution in [0.5, 0.6) is 0 Å². The van der Waals surface area contributed by atoms with Crippen molar-refractivity contribution >= 4 is 41.1 Å². The van der Waals surface area contributed by atoms with E-state index in [1.54, 1.807) is 12.1 Å². The highest BCUT2D eigenvalue weighted by Crippen LogP contribution is 2.22. The molecule has 1 aromatic heterocycles. The van der Waals surface area contributed by atoms with Crippen LogP contribution in [0.1, 0.15) is 51.3 Å². The molecule has 0 saturated heterocycles. The quantitative estimate of drug-likeness (QED) is 0.166. The Morgan fingerprint density at radius 2 is 1.97 bits per heavy atom. The molecule has 4 N–H and O–H groups in total. The van der Waals surface area contributed by atoms with Crippen LogP contribution in [0.15, 0.2) is 23.0 Å². The molecule has 194 valence electrons. The number of H-pyrrole nitrogens is 1. The molecule has 1 aromatic carbocycles. The van der Waals surface area contributed by atoms with Gasteiger partial charge in [-0.2, -0.15) is 0 Å². The zero-order valence-corrected chi connectivity index (χ0v) is 22.4. The summed E-state index contributed by atoms with van der Waals surface area (Å²) < 4.78 is 5.78. The second-order valence-electron chi connectivity index (χ2n) is 8.60. The Morgan fingerprint density at radius 3 is 2.66 bits per heavy atom. The molecule has 0 bridgehead atoms. The standard InChI is InChI=1S/C25H38Cl2N6O2/c1-4-10-33(11-8-18(3)5-2)12-14-35-13-9-29-23-22(16-28)31-25(32-24(23)34)30-17-19-6-7-20(26)21(27)15-19/h6-7,15-16,18,28-29H,4-5,8-14,17H2,1-3H3,(H2,30,31,32,34). The van der Waals surface area contributed by atoms with Crippen molar-refractivity contribution in [2.24, 2.45) is 5.92 Å². The maximum absolute atomic E-state index is 12.6. The Bertz CT molecular complexity index is 985. The molecule has 0 aliphatic rings. The number of hydrogen-bond acceptors (Lipinski definition) is 7. The first-order valence-electron chi connectivity index (χ1n) is 12.2. The highest BCUT2D eigenvalue weighted by atomic mass is 35.5. The Labute approximate surface area is 218 Å². The molecule has 0 aliphatic heterocycles. The zero-order valence-electron chi connectivity index (χ0n) is 20.9. The number of halogens is 2. The second kappa shape index (κ2) is 15.8. The first kappa shape index (κ1) is 29.1. The normalized spacial score (nSPS) is 12.1. The maximum Gasteiger partial charge on any atom is 0.276 e. The Morgan fingerprint density at radius 1 is 1.17 bits per heavy atom. The lowest BCUT2D eigenvalue weighted by molar-refractivity contribution is 0.108. The van der Waals surface area contributed by atoms with Crippen molar-refractivity contribution in [2.45, 2.75) is 46.6 Å². The van der Waals surface area contributed by atoms with Crippen molar-refractivity contribution in [3.05, 3.63) is 49.9 Å². The van der Waals surface area contributed by atoms with Crippen LogP contribution in [0.25, 0.3) is 0 Å². The molecule has 1 heterocycles. The van der Waals surface area contributed by atoms with E-state index in [1.165, 1.54) is 12.8 Å². The van der Waals surface area contributed by atoms with Gasteiger partial charge in [0.05, 0.1) is 23.3 Å². The van der Waals surface area contributed by atoms with Gasteiger partial charge in [0.25, 0.3) is 5.56 Å². The van der Waals surface area contributed by atoms with Gasteiger partial charge in [0.15, 0.2) is 0 Å². The molecule has 0 aliphatic carbocycles. The highest BCUT2D eigenvalue weighted by molar-refractivity contribution is 6.42. The SMILES string of the molecule is CCCN(CCOCCNc1c(C=N)nc(NCc2ccc(Cl)c(Cl)c2)[nH]c1=O)CCC(C)CC. The molecule has 10 heteroatoms. The van der Waals surface area contributed by atoms with E-state index in [0.29, 0.717) is 36.3 Å². The summed E-state index contributed by atoms with van der Waals surface area (Å²) in [4.78, 5) is 22.1. The molecule has 0 saturated carbocycles. The highest BCUT2D eigenvalue weighted by Gasteiger charge is 2.11. The lowest BCUT2D eigenvalue weighted by atomic mass is 10.1. The molecule has 1 atom stereocenters. The van der Waals surface area contributed by atoms with Gasteiger partial charge in [-0.1, -0.05) is 56.5 Å². The van der Waals surface area contributed by atoms with E-state index in [-0.39, 0.29) is 22.9 Å². The van der Waals surface area contributed by atoms with Crippen LogP contribution in [0.2, 0.25) is 10.0 Å². The van der Waals surface area contributed by atoms with Gasteiger partial charge < -0.3 is 25.7 Å². The van der Waals surface area contributed by atoms with Crippen LogP contribution in [-0.4, -0.2) is 60.5 Å². The number of nitrogens with one attached hydrogen (secondary N) is 4. The van der Waals surface area contributed by atoms with Gasteiger partial charge in [-0.05, 0) is 49.5 Å². The summed E-state index contributed by atoms with van der Waals surface area (Å²) in [6, 6.07) is 5.29. The number of aromatic amines is 1. The molecule has 35 heavy (non-hydrogen) atoms. The molecule has 2 rings (SSSR count). The molecular formula is C25H38Cl2N6O2. The lowest BCUT2D eigenvalue weighted by Gasteiger charge is -2.23. The van der Waals surface area contributed by atoms with E-state index < -0.39 is 0 Å². The average Bonchev–Trinajstić information content (AvgIpc) is 2.85. The fraction of sp³-hybridized carbons (Fsp3) is 0.560. The summed E-state index contributed by atoms with van der Waals surface area (Å²) in [6.45, 7) is 11.7. The molecule has 0 amide bonds. The van der Waals surface area contributed by atoms with E-state index in [2.05, 4.69) is 46.3 Å². The zero-order chi connectivity index (χ0) is 25.6. The number of aromatic nitrogens is 2. The summed E-state index contributed by atoms with van der Waals surface area (Å²) in [5.41, 5.74) is 1.04. The molecule has 2 aromatic rings. The number of ether oxygens (including phenoxy) is 1. The molecule has 8 nitrogen and oxygen atoms in total. The van der Waals surface area contributed by atoms with Gasteiger partial charge in [0.1, 0.15) is 11.4 Å². The van der Waals surface area contributed by atoms with Crippen molar-refractivity contribution in [3.63, 3.8) is 0 Å². The number of rotatable bonds is 17. The molecule has 0 spiro atoms. The first-order chi connectivity index (χ1) is 16.9. The van der Waals surface area contributed by atoms with Gasteiger partial charge in [-0.15, -0.1) is 0 Å². The minimum Gasteiger partial charge on any atom is -0.378 e. The smallest absolute Gasteiger partial charge is 0.276 e. The predicted molar refractivity (Wildman–Crippen MR) is 147 cm³/mol. The number of hydrogen-bond donors (Lipinski definition) is 4. The average molecular weight is 526 g/mol. The van der Waals surface area contributed by atoms with Crippen LogP contribution in [0.4, 0.5) is 11.6 Å².